The molecule has 1 atom stereocenters. The van der Waals surface area contributed by atoms with Crippen LogP contribution in [-0.2, 0) is 14.8 Å². The zero-order valence-corrected chi connectivity index (χ0v) is 18.5. The molecule has 0 bridgehead atoms. The minimum absolute atomic E-state index is 0.0556. The lowest BCUT2D eigenvalue weighted by molar-refractivity contribution is -0.137. The van der Waals surface area contributed by atoms with E-state index in [0.717, 1.165) is 47.1 Å². The second kappa shape index (κ2) is 7.99. The predicted octanol–water partition coefficient (Wildman–Crippen LogP) is 3.42. The molecule has 1 unspecified atom stereocenters. The van der Waals surface area contributed by atoms with Gasteiger partial charge >= 0.3 is 0 Å². The Hall–Kier alpha value is -1.66. The molecule has 0 saturated carbocycles. The lowest BCUT2D eigenvalue weighted by Gasteiger charge is -2.36. The first-order valence-electron chi connectivity index (χ1n) is 10.2. The van der Waals surface area contributed by atoms with Gasteiger partial charge < -0.3 is 4.90 Å². The maximum Gasteiger partial charge on any atom is 0.243 e. The highest BCUT2D eigenvalue weighted by Crippen LogP contribution is 2.32. The summed E-state index contributed by atoms with van der Waals surface area (Å²) in [5.74, 6) is 0.232. The zero-order valence-electron chi connectivity index (χ0n) is 17.7. The van der Waals surface area contributed by atoms with Crippen molar-refractivity contribution in [2.24, 2.45) is 5.92 Å². The normalized spacial score (nSPS) is 21.2. The Morgan fingerprint density at radius 3 is 1.89 bits per heavy atom. The van der Waals surface area contributed by atoms with Gasteiger partial charge in [0.2, 0.25) is 15.9 Å². The van der Waals surface area contributed by atoms with Gasteiger partial charge in [-0.2, -0.15) is 4.31 Å². The highest BCUT2D eigenvalue weighted by Gasteiger charge is 2.34. The smallest absolute Gasteiger partial charge is 0.243 e. The van der Waals surface area contributed by atoms with Crippen LogP contribution in [0, 0.1) is 40.5 Å². The molecule has 1 fully saturated rings. The number of rotatable bonds is 3. The quantitative estimate of drug-likeness (QED) is 0.726. The molecule has 0 spiro atoms. The van der Waals surface area contributed by atoms with E-state index in [4.69, 9.17) is 0 Å². The van der Waals surface area contributed by atoms with Crippen molar-refractivity contribution in [2.75, 3.05) is 26.2 Å². The summed E-state index contributed by atoms with van der Waals surface area (Å²) >= 11 is 0. The van der Waals surface area contributed by atoms with Crippen molar-refractivity contribution in [3.8, 4) is 0 Å². The van der Waals surface area contributed by atoms with Crippen LogP contribution in [-0.4, -0.2) is 49.7 Å². The van der Waals surface area contributed by atoms with E-state index >= 15 is 0 Å². The maximum atomic E-state index is 13.4. The minimum Gasteiger partial charge on any atom is -0.340 e. The van der Waals surface area contributed by atoms with Crippen LogP contribution in [0.15, 0.2) is 17.0 Å². The van der Waals surface area contributed by atoms with Crippen molar-refractivity contribution in [3.05, 3.63) is 40.0 Å². The van der Waals surface area contributed by atoms with Crippen LogP contribution in [0.2, 0.25) is 0 Å². The van der Waals surface area contributed by atoms with Gasteiger partial charge in [-0.15, -0.1) is 0 Å². The zero-order chi connectivity index (χ0) is 20.6. The van der Waals surface area contributed by atoms with Gasteiger partial charge in [-0.1, -0.05) is 12.2 Å². The molecule has 2 aliphatic rings. The van der Waals surface area contributed by atoms with Crippen LogP contribution in [0.3, 0.4) is 0 Å². The number of hydrogen-bond acceptors (Lipinski definition) is 3. The topological polar surface area (TPSA) is 57.7 Å². The van der Waals surface area contributed by atoms with Crippen LogP contribution in [0.4, 0.5) is 0 Å². The summed E-state index contributed by atoms with van der Waals surface area (Å²) in [5.41, 5.74) is 4.92. The molecule has 3 rings (SSSR count). The molecular formula is C22H32N2O3S. The van der Waals surface area contributed by atoms with Crippen LogP contribution in [0.5, 0.6) is 0 Å². The number of amides is 1. The minimum atomic E-state index is -3.57. The van der Waals surface area contributed by atoms with E-state index in [0.29, 0.717) is 31.1 Å². The Kier molecular flexibility index (Phi) is 6.01. The predicted molar refractivity (Wildman–Crippen MR) is 112 cm³/mol. The van der Waals surface area contributed by atoms with Crippen molar-refractivity contribution in [2.45, 2.75) is 58.8 Å². The summed E-state index contributed by atoms with van der Waals surface area (Å²) in [6, 6.07) is 0. The second-order valence-electron chi connectivity index (χ2n) is 8.16. The molecule has 1 amide bonds. The Morgan fingerprint density at radius 1 is 0.857 bits per heavy atom. The first-order chi connectivity index (χ1) is 13.2. The maximum absolute atomic E-state index is 13.4. The van der Waals surface area contributed by atoms with E-state index in [-0.39, 0.29) is 11.8 Å². The number of carbonyl (C=O) groups is 1. The molecule has 1 heterocycles. The average Bonchev–Trinajstić information content (AvgIpc) is 2.71. The molecule has 6 heteroatoms. The van der Waals surface area contributed by atoms with E-state index in [1.807, 2.05) is 39.5 Å². The molecule has 0 radical (unpaired) electrons. The lowest BCUT2D eigenvalue weighted by atomic mass is 9.93. The summed E-state index contributed by atoms with van der Waals surface area (Å²) in [6.45, 7) is 11.5. The van der Waals surface area contributed by atoms with E-state index in [1.165, 1.54) is 0 Å². The summed E-state index contributed by atoms with van der Waals surface area (Å²) in [6.07, 6.45) is 6.87. The highest BCUT2D eigenvalue weighted by atomic mass is 32.2. The SMILES string of the molecule is Cc1c(C)c(C)c(S(=O)(=O)N2CCN(C(=O)C3CC=CCC3)CC2)c(C)c1C. The van der Waals surface area contributed by atoms with E-state index < -0.39 is 10.0 Å². The number of piperazine rings is 1. The summed E-state index contributed by atoms with van der Waals surface area (Å²) in [7, 11) is -3.57. The van der Waals surface area contributed by atoms with Crippen LogP contribution >= 0.6 is 0 Å². The number of allylic oxidation sites excluding steroid dienone is 2. The monoisotopic (exact) mass is 404 g/mol. The number of hydrogen-bond donors (Lipinski definition) is 0. The third-order valence-electron chi connectivity index (χ3n) is 6.70. The summed E-state index contributed by atoms with van der Waals surface area (Å²) in [5, 5.41) is 0. The first kappa shape index (κ1) is 21.1. The summed E-state index contributed by atoms with van der Waals surface area (Å²) < 4.78 is 28.4. The molecule has 28 heavy (non-hydrogen) atoms. The third-order valence-corrected chi connectivity index (χ3v) is 8.87. The molecule has 1 aliphatic carbocycles. The standard InChI is InChI=1S/C22H32N2O3S/c1-15-16(2)18(4)21(19(5)17(15)3)28(26,27)24-13-11-23(12-14-24)22(25)20-9-7-6-8-10-20/h6-7,20H,8-14H2,1-5H3. The van der Waals surface area contributed by atoms with Gasteiger partial charge in [-0.05, 0) is 81.7 Å². The van der Waals surface area contributed by atoms with Gasteiger partial charge in [-0.3, -0.25) is 4.79 Å². The molecule has 1 aromatic carbocycles. The molecule has 5 nitrogen and oxygen atoms in total. The first-order valence-corrected chi connectivity index (χ1v) is 11.6. The molecule has 1 saturated heterocycles. The number of sulfonamides is 1. The fraction of sp³-hybridized carbons (Fsp3) is 0.591. The molecule has 1 aromatic rings. The van der Waals surface area contributed by atoms with E-state index in [1.54, 1.807) is 4.31 Å². The highest BCUT2D eigenvalue weighted by molar-refractivity contribution is 7.89. The Labute approximate surface area is 169 Å². The average molecular weight is 405 g/mol. The lowest BCUT2D eigenvalue weighted by Crippen LogP contribution is -2.52. The van der Waals surface area contributed by atoms with Gasteiger partial charge in [0, 0.05) is 32.1 Å². The Balaban J connectivity index is 1.79. The molecule has 1 aliphatic heterocycles. The van der Waals surface area contributed by atoms with Crippen molar-refractivity contribution in [1.82, 2.24) is 9.21 Å². The summed E-state index contributed by atoms with van der Waals surface area (Å²) in [4.78, 5) is 15.0. The van der Waals surface area contributed by atoms with Crippen LogP contribution in [0.1, 0.15) is 47.1 Å². The molecule has 0 N–H and O–H groups in total. The van der Waals surface area contributed by atoms with Gasteiger partial charge in [-0.25, -0.2) is 8.42 Å². The molecule has 0 aromatic heterocycles. The Bertz CT molecular complexity index is 881. The van der Waals surface area contributed by atoms with E-state index in [2.05, 4.69) is 12.2 Å². The fourth-order valence-corrected chi connectivity index (χ4v) is 6.39. The van der Waals surface area contributed by atoms with Gasteiger partial charge in [0.1, 0.15) is 0 Å². The number of carbonyl (C=O) groups excluding carboxylic acids is 1. The van der Waals surface area contributed by atoms with Gasteiger partial charge in [0.05, 0.1) is 4.90 Å². The van der Waals surface area contributed by atoms with Crippen molar-refractivity contribution < 1.29 is 13.2 Å². The van der Waals surface area contributed by atoms with Crippen molar-refractivity contribution in [1.29, 1.82) is 0 Å². The van der Waals surface area contributed by atoms with Gasteiger partial charge in [0.15, 0.2) is 0 Å². The second-order valence-corrected chi connectivity index (χ2v) is 10.0. The number of benzene rings is 1. The van der Waals surface area contributed by atoms with Crippen molar-refractivity contribution in [3.63, 3.8) is 0 Å². The van der Waals surface area contributed by atoms with Crippen LogP contribution in [0.25, 0.3) is 0 Å². The number of nitrogens with zero attached hydrogens (tertiary/aromatic N) is 2. The Morgan fingerprint density at radius 2 is 1.39 bits per heavy atom. The van der Waals surface area contributed by atoms with Crippen molar-refractivity contribution >= 4 is 15.9 Å². The fourth-order valence-electron chi connectivity index (χ4n) is 4.41. The van der Waals surface area contributed by atoms with Crippen LogP contribution < -0.4 is 0 Å². The molecular weight excluding hydrogens is 372 g/mol. The largest absolute Gasteiger partial charge is 0.340 e. The molecule has 154 valence electrons. The van der Waals surface area contributed by atoms with Gasteiger partial charge in [0.25, 0.3) is 0 Å². The van der Waals surface area contributed by atoms with E-state index in [9.17, 15) is 13.2 Å². The third kappa shape index (κ3) is 3.64.